The zero-order chi connectivity index (χ0) is 32.3. The van der Waals surface area contributed by atoms with E-state index in [1.54, 1.807) is 26.0 Å². The molecule has 1 heterocycles. The van der Waals surface area contributed by atoms with E-state index in [0.29, 0.717) is 6.42 Å². The number of aliphatic hydroxyl groups is 4. The van der Waals surface area contributed by atoms with Crippen molar-refractivity contribution in [1.29, 1.82) is 0 Å². The SMILES string of the molecule is CCCC[C@H](C)[C@H](OC(N)=O)[C@@H](C)[C@H](O)[C@@H](C)C/C(C)=C\[C@H](C)[C@@H](O)[C@@H](C)/C=C\[C@@H](O)CC1OC(=O)[C@H](C)[C@@H](O)[C@H]1C. The van der Waals surface area contributed by atoms with E-state index in [4.69, 9.17) is 15.2 Å². The van der Waals surface area contributed by atoms with Crippen LogP contribution < -0.4 is 5.73 Å². The van der Waals surface area contributed by atoms with Crippen LogP contribution in [0.4, 0.5) is 4.79 Å². The molecular formula is C33H59NO8. The fraction of sp³-hybridized carbons (Fsp3) is 0.818. The van der Waals surface area contributed by atoms with E-state index in [1.165, 1.54) is 0 Å². The number of unbranched alkanes of at least 4 members (excludes halogenated alkanes) is 1. The minimum absolute atomic E-state index is 0.0746. The molecular weight excluding hydrogens is 538 g/mol. The molecule has 0 spiro atoms. The summed E-state index contributed by atoms with van der Waals surface area (Å²) in [5.41, 5.74) is 6.37. The first-order chi connectivity index (χ1) is 19.5. The number of ether oxygens (including phenoxy) is 2. The average molecular weight is 598 g/mol. The van der Waals surface area contributed by atoms with Crippen molar-refractivity contribution in [2.45, 2.75) is 131 Å². The molecule has 0 aliphatic carbocycles. The Hall–Kier alpha value is -1.94. The van der Waals surface area contributed by atoms with Crippen molar-refractivity contribution in [2.75, 3.05) is 0 Å². The summed E-state index contributed by atoms with van der Waals surface area (Å²) in [4.78, 5) is 23.5. The number of rotatable bonds is 17. The standard InChI is InChI=1S/C33H59NO8/c1-10-11-12-20(4)31(42-33(34)40)24(8)29(37)22(6)16-18(2)15-21(5)28(36)19(3)13-14-26(35)17-27-23(7)30(38)25(9)32(39)41-27/h13-15,19-31,35-38H,10-12,16-17H2,1-9H3,(H2,34,40)/b14-13-,18-15-/t19-,20-,21-,22-,23-,24-,25+,26+,27?,28-,29+,30-,31-/m0/s1. The van der Waals surface area contributed by atoms with Crippen molar-refractivity contribution >= 4 is 12.1 Å². The van der Waals surface area contributed by atoms with Gasteiger partial charge < -0.3 is 35.6 Å². The minimum Gasteiger partial charge on any atom is -0.462 e. The van der Waals surface area contributed by atoms with Gasteiger partial charge in [0.15, 0.2) is 0 Å². The van der Waals surface area contributed by atoms with Crippen LogP contribution in [0.3, 0.4) is 0 Å². The summed E-state index contributed by atoms with van der Waals surface area (Å²) in [6.45, 7) is 17.2. The first-order valence-electron chi connectivity index (χ1n) is 15.8. The molecule has 1 fully saturated rings. The fourth-order valence-electron chi connectivity index (χ4n) is 6.18. The van der Waals surface area contributed by atoms with E-state index in [0.717, 1.165) is 24.8 Å². The van der Waals surface area contributed by atoms with Crippen molar-refractivity contribution in [1.82, 2.24) is 0 Å². The van der Waals surface area contributed by atoms with Crippen LogP contribution in [0, 0.1) is 41.4 Å². The molecule has 0 aromatic rings. The van der Waals surface area contributed by atoms with Crippen LogP contribution >= 0.6 is 0 Å². The molecule has 0 saturated carbocycles. The van der Waals surface area contributed by atoms with E-state index in [-0.39, 0.29) is 41.9 Å². The zero-order valence-corrected chi connectivity index (χ0v) is 27.3. The highest BCUT2D eigenvalue weighted by Crippen LogP contribution is 2.31. The van der Waals surface area contributed by atoms with Gasteiger partial charge in [-0.25, -0.2) is 4.79 Å². The van der Waals surface area contributed by atoms with Gasteiger partial charge in [-0.1, -0.05) is 85.1 Å². The molecule has 42 heavy (non-hydrogen) atoms. The average Bonchev–Trinajstić information content (AvgIpc) is 2.93. The van der Waals surface area contributed by atoms with Crippen LogP contribution in [0.1, 0.15) is 94.4 Å². The highest BCUT2D eigenvalue weighted by molar-refractivity contribution is 5.73. The molecule has 1 aliphatic rings. The monoisotopic (exact) mass is 597 g/mol. The van der Waals surface area contributed by atoms with Crippen molar-refractivity contribution < 1.29 is 39.5 Å². The van der Waals surface area contributed by atoms with Crippen LogP contribution in [0.2, 0.25) is 0 Å². The lowest BCUT2D eigenvalue weighted by Gasteiger charge is -2.36. The van der Waals surface area contributed by atoms with Gasteiger partial charge in [-0.3, -0.25) is 4.79 Å². The molecule has 1 aliphatic heterocycles. The van der Waals surface area contributed by atoms with Crippen LogP contribution in [0.5, 0.6) is 0 Å². The number of hydrogen-bond donors (Lipinski definition) is 5. The zero-order valence-electron chi connectivity index (χ0n) is 27.3. The number of amides is 1. The second kappa shape index (κ2) is 18.0. The van der Waals surface area contributed by atoms with Crippen molar-refractivity contribution in [3.8, 4) is 0 Å². The Morgan fingerprint density at radius 1 is 1.02 bits per heavy atom. The summed E-state index contributed by atoms with van der Waals surface area (Å²) in [6.07, 6.45) is 4.09. The molecule has 0 aromatic carbocycles. The molecule has 1 unspecified atom stereocenters. The predicted molar refractivity (Wildman–Crippen MR) is 164 cm³/mol. The van der Waals surface area contributed by atoms with Crippen molar-refractivity contribution in [3.05, 3.63) is 23.8 Å². The number of esters is 1. The summed E-state index contributed by atoms with van der Waals surface area (Å²) >= 11 is 0. The molecule has 9 nitrogen and oxygen atoms in total. The number of cyclic esters (lactones) is 1. The second-order valence-corrected chi connectivity index (χ2v) is 13.1. The highest BCUT2D eigenvalue weighted by atomic mass is 16.6. The van der Waals surface area contributed by atoms with E-state index in [2.05, 4.69) is 6.92 Å². The van der Waals surface area contributed by atoms with Crippen molar-refractivity contribution in [2.24, 2.45) is 47.2 Å². The number of nitrogens with two attached hydrogens (primary N) is 1. The number of aliphatic hydroxyl groups excluding tert-OH is 4. The third-order valence-corrected chi connectivity index (χ3v) is 9.12. The van der Waals surface area contributed by atoms with E-state index in [1.807, 2.05) is 47.6 Å². The molecule has 6 N–H and O–H groups in total. The van der Waals surface area contributed by atoms with E-state index < -0.39 is 54.6 Å². The van der Waals surface area contributed by atoms with Gasteiger partial charge in [-0.15, -0.1) is 0 Å². The predicted octanol–water partition coefficient (Wildman–Crippen LogP) is 4.74. The second-order valence-electron chi connectivity index (χ2n) is 13.1. The number of primary amides is 1. The summed E-state index contributed by atoms with van der Waals surface area (Å²) in [6, 6.07) is 0. The largest absolute Gasteiger partial charge is 0.462 e. The summed E-state index contributed by atoms with van der Waals surface area (Å²) in [5, 5.41) is 42.9. The van der Waals surface area contributed by atoms with Crippen LogP contribution in [0.25, 0.3) is 0 Å². The van der Waals surface area contributed by atoms with Gasteiger partial charge in [0.2, 0.25) is 0 Å². The lowest BCUT2D eigenvalue weighted by molar-refractivity contribution is -0.179. The van der Waals surface area contributed by atoms with Crippen molar-refractivity contribution in [3.63, 3.8) is 0 Å². The van der Waals surface area contributed by atoms with E-state index >= 15 is 0 Å². The van der Waals surface area contributed by atoms with Gasteiger partial charge in [-0.2, -0.15) is 0 Å². The first kappa shape index (κ1) is 38.1. The van der Waals surface area contributed by atoms with E-state index in [9.17, 15) is 30.0 Å². The lowest BCUT2D eigenvalue weighted by Crippen LogP contribution is -2.47. The summed E-state index contributed by atoms with van der Waals surface area (Å²) in [7, 11) is 0. The molecule has 13 atom stereocenters. The maximum atomic E-state index is 12.0. The molecule has 0 aromatic heterocycles. The van der Waals surface area contributed by atoms with Gasteiger partial charge in [0, 0.05) is 30.1 Å². The molecule has 0 bridgehead atoms. The Morgan fingerprint density at radius 3 is 2.21 bits per heavy atom. The van der Waals surface area contributed by atoms with Crippen LogP contribution in [0.15, 0.2) is 23.8 Å². The molecule has 1 amide bonds. The normalized spacial score (nSPS) is 28.2. The Balaban J connectivity index is 2.74. The van der Waals surface area contributed by atoms with Gasteiger partial charge in [0.1, 0.15) is 12.2 Å². The summed E-state index contributed by atoms with van der Waals surface area (Å²) < 4.78 is 10.9. The lowest BCUT2D eigenvalue weighted by atomic mass is 9.80. The maximum Gasteiger partial charge on any atom is 0.404 e. The van der Waals surface area contributed by atoms with Gasteiger partial charge in [-0.05, 0) is 38.5 Å². The van der Waals surface area contributed by atoms with Gasteiger partial charge in [0.05, 0.1) is 30.3 Å². The minimum atomic E-state index is -0.885. The number of allylic oxidation sites excluding steroid dienone is 1. The first-order valence-corrected chi connectivity index (χ1v) is 15.8. The third-order valence-electron chi connectivity index (χ3n) is 9.12. The van der Waals surface area contributed by atoms with Crippen LogP contribution in [-0.4, -0.2) is 69.1 Å². The molecule has 0 radical (unpaired) electrons. The Labute approximate surface area is 253 Å². The Morgan fingerprint density at radius 2 is 1.64 bits per heavy atom. The number of hydrogen-bond acceptors (Lipinski definition) is 8. The molecule has 1 saturated heterocycles. The smallest absolute Gasteiger partial charge is 0.404 e. The summed E-state index contributed by atoms with van der Waals surface area (Å²) in [5.74, 6) is -2.09. The maximum absolute atomic E-state index is 12.0. The quantitative estimate of drug-likeness (QED) is 0.119. The number of carbonyl (C=O) groups is 2. The fourth-order valence-corrected chi connectivity index (χ4v) is 6.18. The van der Waals surface area contributed by atoms with Gasteiger partial charge in [0.25, 0.3) is 0 Å². The van der Waals surface area contributed by atoms with Gasteiger partial charge >= 0.3 is 12.1 Å². The Bertz CT molecular complexity index is 891. The number of carbonyl (C=O) groups excluding carboxylic acids is 2. The molecule has 1 rings (SSSR count). The highest BCUT2D eigenvalue weighted by Gasteiger charge is 2.41. The van der Waals surface area contributed by atoms with Crippen LogP contribution in [-0.2, 0) is 14.3 Å². The topological polar surface area (TPSA) is 160 Å². The molecule has 244 valence electrons. The molecule has 9 heteroatoms. The Kier molecular flexibility index (Phi) is 16.3. The third kappa shape index (κ3) is 11.6.